The minimum absolute atomic E-state index is 0.104. The maximum absolute atomic E-state index is 12.8. The number of ketones is 1. The molecule has 0 atom stereocenters. The van der Waals surface area contributed by atoms with Crippen LogP contribution in [0, 0.1) is 0 Å². The average Bonchev–Trinajstić information content (AvgIpc) is 2.65. The fourth-order valence-electron chi connectivity index (χ4n) is 3.07. The second-order valence-electron chi connectivity index (χ2n) is 5.84. The van der Waals surface area contributed by atoms with E-state index in [4.69, 9.17) is 0 Å². The van der Waals surface area contributed by atoms with Crippen LogP contribution in [0.15, 0.2) is 97.1 Å². The molecular formula is C23H20O. The van der Waals surface area contributed by atoms with E-state index in [0.717, 1.165) is 16.7 Å². The summed E-state index contributed by atoms with van der Waals surface area (Å²) in [5, 5.41) is 0. The van der Waals surface area contributed by atoms with E-state index in [-0.39, 0.29) is 5.78 Å². The van der Waals surface area contributed by atoms with Gasteiger partial charge in [-0.15, -0.1) is 0 Å². The van der Waals surface area contributed by atoms with Crippen molar-refractivity contribution < 1.29 is 4.79 Å². The van der Waals surface area contributed by atoms with E-state index in [9.17, 15) is 4.79 Å². The summed E-state index contributed by atoms with van der Waals surface area (Å²) in [5.74, 6) is 0.104. The number of allylic oxidation sites excluding steroid dienone is 1. The molecule has 0 radical (unpaired) electrons. The van der Waals surface area contributed by atoms with Crippen molar-refractivity contribution in [3.8, 4) is 0 Å². The van der Waals surface area contributed by atoms with Crippen molar-refractivity contribution in [2.24, 2.45) is 0 Å². The van der Waals surface area contributed by atoms with E-state index >= 15 is 0 Å². The normalized spacial score (nSPS) is 11.5. The zero-order valence-corrected chi connectivity index (χ0v) is 13.7. The Hall–Kier alpha value is -2.93. The van der Waals surface area contributed by atoms with Crippen LogP contribution in [0.3, 0.4) is 0 Å². The van der Waals surface area contributed by atoms with Crippen LogP contribution < -0.4 is 0 Å². The summed E-state index contributed by atoms with van der Waals surface area (Å²) < 4.78 is 0. The summed E-state index contributed by atoms with van der Waals surface area (Å²) in [6, 6.07) is 30.0. The Kier molecular flexibility index (Phi) is 4.72. The summed E-state index contributed by atoms with van der Waals surface area (Å²) in [5.41, 5.74) is 2.26. The first-order chi connectivity index (χ1) is 11.7. The molecular weight excluding hydrogens is 292 g/mol. The number of rotatable bonds is 5. The lowest BCUT2D eigenvalue weighted by Gasteiger charge is -2.29. The van der Waals surface area contributed by atoms with Crippen molar-refractivity contribution in [2.45, 2.75) is 12.3 Å². The van der Waals surface area contributed by atoms with E-state index in [0.29, 0.717) is 0 Å². The molecule has 3 aromatic rings. The maximum atomic E-state index is 12.8. The fourth-order valence-corrected chi connectivity index (χ4v) is 3.07. The van der Waals surface area contributed by atoms with Crippen molar-refractivity contribution in [2.75, 3.05) is 0 Å². The predicted octanol–water partition coefficient (Wildman–Crippen LogP) is 5.28. The van der Waals surface area contributed by atoms with Crippen LogP contribution >= 0.6 is 0 Å². The SMILES string of the molecule is CC(=O)C(C=Cc1ccccc1)(c1ccccc1)c1ccccc1. The summed E-state index contributed by atoms with van der Waals surface area (Å²) in [6.45, 7) is 1.66. The smallest absolute Gasteiger partial charge is 0.148 e. The highest BCUT2D eigenvalue weighted by Crippen LogP contribution is 2.35. The second kappa shape index (κ2) is 7.10. The average molecular weight is 312 g/mol. The molecule has 3 aromatic carbocycles. The molecule has 1 heteroatoms. The summed E-state index contributed by atoms with van der Waals surface area (Å²) in [7, 11) is 0. The van der Waals surface area contributed by atoms with Gasteiger partial charge in [-0.2, -0.15) is 0 Å². The van der Waals surface area contributed by atoms with Crippen molar-refractivity contribution in [1.82, 2.24) is 0 Å². The Morgan fingerprint density at radius 3 is 1.54 bits per heavy atom. The molecule has 0 aliphatic rings. The number of hydrogen-bond donors (Lipinski definition) is 0. The van der Waals surface area contributed by atoms with Gasteiger partial charge in [-0.1, -0.05) is 103 Å². The number of hydrogen-bond acceptors (Lipinski definition) is 1. The van der Waals surface area contributed by atoms with E-state index in [1.807, 2.05) is 103 Å². The molecule has 1 nitrogen and oxygen atoms in total. The topological polar surface area (TPSA) is 17.1 Å². The monoisotopic (exact) mass is 312 g/mol. The van der Waals surface area contributed by atoms with Gasteiger partial charge in [0.25, 0.3) is 0 Å². The largest absolute Gasteiger partial charge is 0.298 e. The van der Waals surface area contributed by atoms with Gasteiger partial charge < -0.3 is 0 Å². The molecule has 118 valence electrons. The Labute approximate surface area is 143 Å². The van der Waals surface area contributed by atoms with Crippen molar-refractivity contribution >= 4 is 11.9 Å². The van der Waals surface area contributed by atoms with E-state index in [1.54, 1.807) is 6.92 Å². The lowest BCUT2D eigenvalue weighted by molar-refractivity contribution is -0.119. The Morgan fingerprint density at radius 2 is 1.12 bits per heavy atom. The molecule has 0 saturated carbocycles. The van der Waals surface area contributed by atoms with Crippen LogP contribution in [0.2, 0.25) is 0 Å². The standard InChI is InChI=1S/C23H20O/c1-19(24)23(21-13-7-3-8-14-21,22-15-9-4-10-16-22)18-17-20-11-5-2-6-12-20/h2-18H,1H3. The van der Waals surface area contributed by atoms with Crippen LogP contribution in [0.1, 0.15) is 23.6 Å². The molecule has 3 rings (SSSR count). The molecule has 24 heavy (non-hydrogen) atoms. The summed E-state index contributed by atoms with van der Waals surface area (Å²) in [6.07, 6.45) is 4.05. The van der Waals surface area contributed by atoms with Crippen LogP contribution in [0.4, 0.5) is 0 Å². The number of carbonyl (C=O) groups excluding carboxylic acids is 1. The molecule has 0 N–H and O–H groups in total. The fraction of sp³-hybridized carbons (Fsp3) is 0.0870. The van der Waals surface area contributed by atoms with E-state index in [1.165, 1.54) is 0 Å². The third-order valence-electron chi connectivity index (χ3n) is 4.34. The first-order valence-corrected chi connectivity index (χ1v) is 8.10. The van der Waals surface area contributed by atoms with Crippen molar-refractivity contribution in [3.05, 3.63) is 114 Å². The molecule has 0 spiro atoms. The van der Waals surface area contributed by atoms with Gasteiger partial charge in [-0.25, -0.2) is 0 Å². The Morgan fingerprint density at radius 1 is 0.708 bits per heavy atom. The Balaban J connectivity index is 2.20. The molecule has 0 fully saturated rings. The van der Waals surface area contributed by atoms with E-state index in [2.05, 4.69) is 0 Å². The number of benzene rings is 3. The minimum atomic E-state index is -0.779. The van der Waals surface area contributed by atoms with Gasteiger partial charge in [0.2, 0.25) is 0 Å². The van der Waals surface area contributed by atoms with Crippen LogP contribution in [0.5, 0.6) is 0 Å². The molecule has 0 aromatic heterocycles. The van der Waals surface area contributed by atoms with Gasteiger partial charge in [0, 0.05) is 0 Å². The first kappa shape index (κ1) is 15.9. The second-order valence-corrected chi connectivity index (χ2v) is 5.84. The van der Waals surface area contributed by atoms with Crippen molar-refractivity contribution in [1.29, 1.82) is 0 Å². The lowest BCUT2D eigenvalue weighted by Crippen LogP contribution is -2.33. The Bertz CT molecular complexity index is 778. The molecule has 0 aliphatic heterocycles. The zero-order chi connectivity index (χ0) is 16.8. The third kappa shape index (κ3) is 3.07. The molecule has 0 amide bonds. The molecule has 0 heterocycles. The van der Waals surface area contributed by atoms with E-state index < -0.39 is 5.41 Å². The number of Topliss-reactive ketones (excluding diaryl/α,β-unsaturated/α-hetero) is 1. The van der Waals surface area contributed by atoms with Gasteiger partial charge >= 0.3 is 0 Å². The van der Waals surface area contributed by atoms with Gasteiger partial charge in [0.05, 0.1) is 5.41 Å². The molecule has 0 aliphatic carbocycles. The third-order valence-corrected chi connectivity index (χ3v) is 4.34. The van der Waals surface area contributed by atoms with Crippen molar-refractivity contribution in [3.63, 3.8) is 0 Å². The van der Waals surface area contributed by atoms with Gasteiger partial charge in [0.1, 0.15) is 5.78 Å². The highest BCUT2D eigenvalue weighted by Gasteiger charge is 2.36. The summed E-state index contributed by atoms with van der Waals surface area (Å²) in [4.78, 5) is 12.8. The highest BCUT2D eigenvalue weighted by molar-refractivity contribution is 5.95. The lowest BCUT2D eigenvalue weighted by atomic mass is 9.71. The zero-order valence-electron chi connectivity index (χ0n) is 13.7. The van der Waals surface area contributed by atoms with Crippen LogP contribution in [-0.2, 0) is 10.2 Å². The number of carbonyl (C=O) groups is 1. The minimum Gasteiger partial charge on any atom is -0.298 e. The quantitative estimate of drug-likeness (QED) is 0.627. The maximum Gasteiger partial charge on any atom is 0.148 e. The molecule has 0 unspecified atom stereocenters. The van der Waals surface area contributed by atoms with Crippen LogP contribution in [-0.4, -0.2) is 5.78 Å². The molecule has 0 saturated heterocycles. The first-order valence-electron chi connectivity index (χ1n) is 8.10. The predicted molar refractivity (Wildman–Crippen MR) is 99.8 cm³/mol. The summed E-state index contributed by atoms with van der Waals surface area (Å²) >= 11 is 0. The van der Waals surface area contributed by atoms with Crippen LogP contribution in [0.25, 0.3) is 6.08 Å². The van der Waals surface area contributed by atoms with Gasteiger partial charge in [-0.05, 0) is 23.6 Å². The van der Waals surface area contributed by atoms with Gasteiger partial charge in [0.15, 0.2) is 0 Å². The van der Waals surface area contributed by atoms with Gasteiger partial charge in [-0.3, -0.25) is 4.79 Å². The molecule has 0 bridgehead atoms. The highest BCUT2D eigenvalue weighted by atomic mass is 16.1.